The second-order valence-electron chi connectivity index (χ2n) is 8.29. The maximum absolute atomic E-state index is 14.9. The lowest BCUT2D eigenvalue weighted by Crippen LogP contribution is -2.49. The number of nitrogens with zero attached hydrogens (tertiary/aromatic N) is 4. The SMILES string of the molecule is COc1cnc2c(Nc3ccc(F)c(C4CN(C)S(=O)(=O)C(C)(C)C(N)=N4)c3)nccc2c1. The number of benzene rings is 1. The van der Waals surface area contributed by atoms with Gasteiger partial charge in [0.25, 0.3) is 0 Å². The zero-order chi connectivity index (χ0) is 24.0. The van der Waals surface area contributed by atoms with Crippen LogP contribution in [0.15, 0.2) is 47.7 Å². The van der Waals surface area contributed by atoms with Crippen molar-refractivity contribution in [3.8, 4) is 5.75 Å². The van der Waals surface area contributed by atoms with Crippen molar-refractivity contribution in [2.75, 3.05) is 26.0 Å². The molecule has 1 unspecified atom stereocenters. The Morgan fingerprint density at radius 3 is 2.73 bits per heavy atom. The summed E-state index contributed by atoms with van der Waals surface area (Å²) in [5.74, 6) is 0.525. The van der Waals surface area contributed by atoms with Crippen LogP contribution in [0.5, 0.6) is 5.75 Å². The quantitative estimate of drug-likeness (QED) is 0.598. The number of aliphatic imine (C=N–C) groups is 1. The molecule has 0 spiro atoms. The Morgan fingerprint density at radius 2 is 2.00 bits per heavy atom. The number of hydrogen-bond acceptors (Lipinski definition) is 8. The van der Waals surface area contributed by atoms with Gasteiger partial charge < -0.3 is 15.8 Å². The van der Waals surface area contributed by atoms with Gasteiger partial charge in [0.1, 0.15) is 27.7 Å². The van der Waals surface area contributed by atoms with Gasteiger partial charge in [-0.2, -0.15) is 0 Å². The lowest BCUT2D eigenvalue weighted by Gasteiger charge is -2.26. The van der Waals surface area contributed by atoms with E-state index >= 15 is 0 Å². The van der Waals surface area contributed by atoms with Crippen molar-refractivity contribution < 1.29 is 17.5 Å². The van der Waals surface area contributed by atoms with Gasteiger partial charge in [-0.05, 0) is 44.2 Å². The smallest absolute Gasteiger partial charge is 0.226 e. The Bertz CT molecular complexity index is 1360. The predicted molar refractivity (Wildman–Crippen MR) is 126 cm³/mol. The van der Waals surface area contributed by atoms with Gasteiger partial charge in [-0.15, -0.1) is 0 Å². The van der Waals surface area contributed by atoms with Gasteiger partial charge in [-0.3, -0.25) is 4.99 Å². The number of pyridine rings is 2. The summed E-state index contributed by atoms with van der Waals surface area (Å²) in [6.45, 7) is 2.94. The van der Waals surface area contributed by atoms with Gasteiger partial charge in [0, 0.05) is 36.4 Å². The third-order valence-corrected chi connectivity index (χ3v) is 8.29. The lowest BCUT2D eigenvalue weighted by atomic mass is 10.0. The van der Waals surface area contributed by atoms with E-state index in [4.69, 9.17) is 10.5 Å². The Morgan fingerprint density at radius 1 is 1.24 bits per heavy atom. The molecule has 0 saturated heterocycles. The highest BCUT2D eigenvalue weighted by molar-refractivity contribution is 7.91. The maximum atomic E-state index is 14.9. The molecule has 0 aliphatic carbocycles. The first-order valence-electron chi connectivity index (χ1n) is 10.2. The minimum Gasteiger partial charge on any atom is -0.495 e. The summed E-state index contributed by atoms with van der Waals surface area (Å²) in [5.41, 5.74) is 7.44. The first kappa shape index (κ1) is 22.9. The number of sulfonamides is 1. The van der Waals surface area contributed by atoms with Crippen LogP contribution in [-0.4, -0.2) is 54.0 Å². The van der Waals surface area contributed by atoms with Gasteiger partial charge in [0.15, 0.2) is 5.82 Å². The van der Waals surface area contributed by atoms with Gasteiger partial charge in [-0.1, -0.05) is 0 Å². The Hall–Kier alpha value is -3.31. The van der Waals surface area contributed by atoms with Crippen molar-refractivity contribution in [3.63, 3.8) is 0 Å². The number of hydrogen-bond donors (Lipinski definition) is 2. The van der Waals surface area contributed by atoms with Crippen molar-refractivity contribution >= 4 is 38.3 Å². The van der Waals surface area contributed by atoms with Crippen molar-refractivity contribution in [2.24, 2.45) is 10.7 Å². The van der Waals surface area contributed by atoms with Crippen LogP contribution in [0.25, 0.3) is 10.9 Å². The van der Waals surface area contributed by atoms with Crippen molar-refractivity contribution in [1.82, 2.24) is 14.3 Å². The minimum atomic E-state index is -3.76. The van der Waals surface area contributed by atoms with Crippen LogP contribution in [0.3, 0.4) is 0 Å². The number of nitrogens with one attached hydrogen (secondary N) is 1. The number of likely N-dealkylation sites (N-methyl/N-ethyl adjacent to an activating group) is 1. The molecule has 0 fully saturated rings. The molecule has 4 rings (SSSR count). The van der Waals surface area contributed by atoms with Gasteiger partial charge in [0.05, 0.1) is 19.3 Å². The van der Waals surface area contributed by atoms with Crippen LogP contribution in [0.2, 0.25) is 0 Å². The number of amidine groups is 1. The summed E-state index contributed by atoms with van der Waals surface area (Å²) in [4.78, 5) is 13.1. The number of fused-ring (bicyclic) bond motifs is 1. The predicted octanol–water partition coefficient (Wildman–Crippen LogP) is 2.97. The van der Waals surface area contributed by atoms with Gasteiger partial charge >= 0.3 is 0 Å². The summed E-state index contributed by atoms with van der Waals surface area (Å²) < 4.78 is 45.5. The average Bonchev–Trinajstić information content (AvgIpc) is 2.84. The van der Waals surface area contributed by atoms with Crippen molar-refractivity contribution in [2.45, 2.75) is 24.6 Å². The zero-order valence-electron chi connectivity index (χ0n) is 18.7. The molecule has 1 atom stereocenters. The van der Waals surface area contributed by atoms with Crippen molar-refractivity contribution in [1.29, 1.82) is 0 Å². The number of aromatic nitrogens is 2. The molecule has 1 aliphatic heterocycles. The summed E-state index contributed by atoms with van der Waals surface area (Å²) in [6.07, 6.45) is 3.22. The van der Waals surface area contributed by atoms with Gasteiger partial charge in [-0.25, -0.2) is 27.1 Å². The number of ether oxygens (including phenoxy) is 1. The summed E-state index contributed by atoms with van der Waals surface area (Å²) in [5, 5.41) is 3.99. The second-order valence-corrected chi connectivity index (χ2v) is 10.9. The third-order valence-electron chi connectivity index (χ3n) is 5.82. The highest BCUT2D eigenvalue weighted by Gasteiger charge is 2.44. The van der Waals surface area contributed by atoms with Crippen molar-refractivity contribution in [3.05, 3.63) is 54.1 Å². The average molecular weight is 473 g/mol. The molecular weight excluding hydrogens is 447 g/mol. The van der Waals surface area contributed by atoms with E-state index in [1.54, 1.807) is 31.6 Å². The fourth-order valence-electron chi connectivity index (χ4n) is 3.65. The molecule has 0 bridgehead atoms. The third kappa shape index (κ3) is 3.98. The Balaban J connectivity index is 1.73. The zero-order valence-corrected chi connectivity index (χ0v) is 19.5. The molecule has 11 heteroatoms. The fraction of sp³-hybridized carbons (Fsp3) is 0.318. The van der Waals surface area contributed by atoms with E-state index in [0.717, 1.165) is 5.39 Å². The molecule has 0 amide bonds. The van der Waals surface area contributed by atoms with E-state index < -0.39 is 26.6 Å². The molecule has 2 aromatic heterocycles. The number of halogens is 1. The van der Waals surface area contributed by atoms with E-state index in [2.05, 4.69) is 20.3 Å². The van der Waals surface area contributed by atoms with Crippen LogP contribution in [-0.2, 0) is 10.0 Å². The molecule has 3 N–H and O–H groups in total. The molecule has 1 aliphatic rings. The van der Waals surface area contributed by atoms with Crippen LogP contribution in [0.1, 0.15) is 25.5 Å². The normalized spacial score (nSPS) is 20.2. The topological polar surface area (TPSA) is 123 Å². The highest BCUT2D eigenvalue weighted by atomic mass is 32.2. The van der Waals surface area contributed by atoms with E-state index in [1.807, 2.05) is 12.1 Å². The molecular formula is C22H25FN6O3S. The summed E-state index contributed by atoms with van der Waals surface area (Å²) in [7, 11) is -0.749. The molecule has 174 valence electrons. The minimum absolute atomic E-state index is 0.0410. The van der Waals surface area contributed by atoms with Crippen LogP contribution >= 0.6 is 0 Å². The van der Waals surface area contributed by atoms with E-state index in [0.29, 0.717) is 22.8 Å². The highest BCUT2D eigenvalue weighted by Crippen LogP contribution is 2.33. The lowest BCUT2D eigenvalue weighted by molar-refractivity contribution is 0.414. The second kappa shape index (κ2) is 8.23. The first-order valence-corrected chi connectivity index (χ1v) is 11.6. The monoisotopic (exact) mass is 472 g/mol. The van der Waals surface area contributed by atoms with Crippen LogP contribution in [0, 0.1) is 5.82 Å². The summed E-state index contributed by atoms with van der Waals surface area (Å²) >= 11 is 0. The van der Waals surface area contributed by atoms with Crippen LogP contribution < -0.4 is 15.8 Å². The number of anilines is 2. The molecule has 33 heavy (non-hydrogen) atoms. The number of methoxy groups -OCH3 is 1. The number of nitrogens with two attached hydrogens (primary N) is 1. The van der Waals surface area contributed by atoms with Crippen LogP contribution in [0.4, 0.5) is 15.9 Å². The van der Waals surface area contributed by atoms with E-state index in [9.17, 15) is 12.8 Å². The Labute approximate surface area is 191 Å². The fourth-order valence-corrected chi connectivity index (χ4v) is 5.09. The van der Waals surface area contributed by atoms with E-state index in [1.165, 1.54) is 31.3 Å². The summed E-state index contributed by atoms with van der Waals surface area (Å²) in [6, 6.07) is 7.29. The molecule has 9 nitrogen and oxygen atoms in total. The molecule has 0 radical (unpaired) electrons. The molecule has 0 saturated carbocycles. The number of rotatable bonds is 4. The molecule has 1 aromatic carbocycles. The first-order chi connectivity index (χ1) is 15.5. The molecule has 3 aromatic rings. The molecule has 3 heterocycles. The van der Waals surface area contributed by atoms with E-state index in [-0.39, 0.29) is 17.9 Å². The largest absolute Gasteiger partial charge is 0.495 e. The Kier molecular flexibility index (Phi) is 5.71. The maximum Gasteiger partial charge on any atom is 0.226 e. The van der Waals surface area contributed by atoms with Gasteiger partial charge in [0.2, 0.25) is 10.0 Å². The standard InChI is InChI=1S/C22H25FN6O3S/c1-22(2)21(24)28-18(12-29(3)33(22,30)31)16-10-14(5-6-17(16)23)27-20-19-13(7-8-25-20)9-15(32-4)11-26-19/h5-11,18H,12H2,1-4H3,(H2,24,28)(H,25,27).